The third-order valence-electron chi connectivity index (χ3n) is 4.27. The van der Waals surface area contributed by atoms with Crippen molar-refractivity contribution in [2.24, 2.45) is 0 Å². The number of amides is 1. The summed E-state index contributed by atoms with van der Waals surface area (Å²) in [6.07, 6.45) is 0. The highest BCUT2D eigenvalue weighted by molar-refractivity contribution is 5.92. The van der Waals surface area contributed by atoms with Crippen LogP contribution >= 0.6 is 0 Å². The van der Waals surface area contributed by atoms with E-state index in [9.17, 15) is 14.7 Å². The van der Waals surface area contributed by atoms with Gasteiger partial charge in [-0.05, 0) is 12.1 Å². The van der Waals surface area contributed by atoms with Crippen LogP contribution in [-0.2, 0) is 4.79 Å². The van der Waals surface area contributed by atoms with Gasteiger partial charge in [0.25, 0.3) is 5.91 Å². The molecule has 0 atom stereocenters. The Morgan fingerprint density at radius 1 is 0.966 bits per heavy atom. The standard InChI is InChI=1S/C23H17NO5/c25-18-11-17(28-14-22(27)24-16-9-5-2-6-10-16)12-21-23(18)19(26)13-20(29-21)15-7-3-1-4-8-15/h1-13,25H,14H2,(H,24,27). The van der Waals surface area contributed by atoms with Crippen LogP contribution < -0.4 is 15.5 Å². The number of ether oxygens (including phenoxy) is 1. The molecule has 144 valence electrons. The van der Waals surface area contributed by atoms with Gasteiger partial charge in [-0.3, -0.25) is 9.59 Å². The van der Waals surface area contributed by atoms with Crippen LogP contribution in [0.15, 0.2) is 88.1 Å². The molecular formula is C23H17NO5. The first kappa shape index (κ1) is 18.3. The lowest BCUT2D eigenvalue weighted by atomic mass is 10.1. The fourth-order valence-corrected chi connectivity index (χ4v) is 2.94. The van der Waals surface area contributed by atoms with Gasteiger partial charge in [0.1, 0.15) is 28.2 Å². The summed E-state index contributed by atoms with van der Waals surface area (Å²) in [5.41, 5.74) is 1.20. The van der Waals surface area contributed by atoms with Gasteiger partial charge >= 0.3 is 0 Å². The molecule has 2 N–H and O–H groups in total. The Hall–Kier alpha value is -4.06. The summed E-state index contributed by atoms with van der Waals surface area (Å²) in [7, 11) is 0. The second kappa shape index (κ2) is 7.90. The Bertz CT molecular complexity index is 1220. The summed E-state index contributed by atoms with van der Waals surface area (Å²) in [4.78, 5) is 24.5. The maximum Gasteiger partial charge on any atom is 0.262 e. The number of phenolic OH excluding ortho intramolecular Hbond substituents is 1. The number of rotatable bonds is 5. The smallest absolute Gasteiger partial charge is 0.262 e. The quantitative estimate of drug-likeness (QED) is 0.536. The van der Waals surface area contributed by atoms with Crippen molar-refractivity contribution in [3.63, 3.8) is 0 Å². The van der Waals surface area contributed by atoms with Crippen molar-refractivity contribution in [3.05, 3.63) is 89.1 Å². The van der Waals surface area contributed by atoms with Crippen molar-refractivity contribution in [1.29, 1.82) is 0 Å². The SMILES string of the molecule is O=C(COc1cc(O)c2c(=O)cc(-c3ccccc3)oc2c1)Nc1ccccc1. The molecule has 0 radical (unpaired) electrons. The molecule has 1 aromatic heterocycles. The van der Waals surface area contributed by atoms with E-state index in [-0.39, 0.29) is 40.4 Å². The zero-order chi connectivity index (χ0) is 20.2. The molecule has 4 aromatic rings. The minimum atomic E-state index is -0.365. The molecule has 0 unspecified atom stereocenters. The van der Waals surface area contributed by atoms with E-state index < -0.39 is 0 Å². The zero-order valence-electron chi connectivity index (χ0n) is 15.3. The molecule has 0 fully saturated rings. The highest BCUT2D eigenvalue weighted by Crippen LogP contribution is 2.31. The Balaban J connectivity index is 1.59. The molecule has 1 heterocycles. The first-order valence-corrected chi connectivity index (χ1v) is 8.94. The van der Waals surface area contributed by atoms with Crippen LogP contribution in [0.5, 0.6) is 11.5 Å². The normalized spacial score (nSPS) is 10.6. The molecule has 3 aromatic carbocycles. The second-order valence-electron chi connectivity index (χ2n) is 6.36. The molecule has 0 aliphatic rings. The Kier molecular flexibility index (Phi) is 4.99. The molecule has 4 rings (SSSR count). The second-order valence-corrected chi connectivity index (χ2v) is 6.36. The zero-order valence-corrected chi connectivity index (χ0v) is 15.3. The molecule has 0 aliphatic carbocycles. The average Bonchev–Trinajstić information content (AvgIpc) is 2.73. The van der Waals surface area contributed by atoms with Gasteiger partial charge in [-0.1, -0.05) is 48.5 Å². The number of aromatic hydroxyl groups is 1. The molecule has 0 aliphatic heterocycles. The van der Waals surface area contributed by atoms with Gasteiger partial charge < -0.3 is 19.6 Å². The average molecular weight is 387 g/mol. The molecule has 0 bridgehead atoms. The van der Waals surface area contributed by atoms with E-state index in [2.05, 4.69) is 5.32 Å². The number of fused-ring (bicyclic) bond motifs is 1. The van der Waals surface area contributed by atoms with Crippen LogP contribution in [0.2, 0.25) is 0 Å². The van der Waals surface area contributed by atoms with E-state index in [4.69, 9.17) is 9.15 Å². The molecule has 6 nitrogen and oxygen atoms in total. The maximum atomic E-state index is 12.4. The Morgan fingerprint density at radius 2 is 1.66 bits per heavy atom. The number of benzene rings is 3. The van der Waals surface area contributed by atoms with E-state index >= 15 is 0 Å². The minimum absolute atomic E-state index is 0.0609. The van der Waals surface area contributed by atoms with Crippen molar-refractivity contribution < 1.29 is 19.1 Å². The van der Waals surface area contributed by atoms with Crippen LogP contribution in [0.4, 0.5) is 5.69 Å². The number of para-hydroxylation sites is 1. The number of anilines is 1. The van der Waals surface area contributed by atoms with Gasteiger partial charge in [-0.2, -0.15) is 0 Å². The molecular weight excluding hydrogens is 370 g/mol. The molecule has 0 saturated carbocycles. The van der Waals surface area contributed by atoms with Crippen LogP contribution in [0.1, 0.15) is 0 Å². The number of carbonyl (C=O) groups is 1. The van der Waals surface area contributed by atoms with Crippen molar-refractivity contribution >= 4 is 22.6 Å². The highest BCUT2D eigenvalue weighted by Gasteiger charge is 2.13. The highest BCUT2D eigenvalue weighted by atomic mass is 16.5. The topological polar surface area (TPSA) is 88.8 Å². The summed E-state index contributed by atoms with van der Waals surface area (Å²) in [6.45, 7) is -0.261. The van der Waals surface area contributed by atoms with Crippen LogP contribution in [0.3, 0.4) is 0 Å². The van der Waals surface area contributed by atoms with Crippen molar-refractivity contribution in [3.8, 4) is 22.8 Å². The van der Waals surface area contributed by atoms with E-state index in [1.165, 1.54) is 18.2 Å². The van der Waals surface area contributed by atoms with Crippen molar-refractivity contribution in [1.82, 2.24) is 0 Å². The number of hydrogen-bond donors (Lipinski definition) is 2. The van der Waals surface area contributed by atoms with Gasteiger partial charge in [0, 0.05) is 29.4 Å². The lowest BCUT2D eigenvalue weighted by Crippen LogP contribution is -2.20. The predicted molar refractivity (Wildman–Crippen MR) is 110 cm³/mol. The first-order chi connectivity index (χ1) is 14.1. The molecule has 1 amide bonds. The number of carbonyl (C=O) groups excluding carboxylic acids is 1. The van der Waals surface area contributed by atoms with E-state index in [1.54, 1.807) is 12.1 Å². The maximum absolute atomic E-state index is 12.4. The summed E-state index contributed by atoms with van der Waals surface area (Å²) >= 11 is 0. The van der Waals surface area contributed by atoms with Crippen LogP contribution in [0.25, 0.3) is 22.3 Å². The van der Waals surface area contributed by atoms with E-state index in [0.717, 1.165) is 5.56 Å². The lowest BCUT2D eigenvalue weighted by molar-refractivity contribution is -0.118. The fraction of sp³-hybridized carbons (Fsp3) is 0.0435. The lowest BCUT2D eigenvalue weighted by Gasteiger charge is -2.10. The minimum Gasteiger partial charge on any atom is -0.507 e. The van der Waals surface area contributed by atoms with Crippen molar-refractivity contribution in [2.45, 2.75) is 0 Å². The van der Waals surface area contributed by atoms with Crippen LogP contribution in [0, 0.1) is 0 Å². The van der Waals surface area contributed by atoms with E-state index in [0.29, 0.717) is 11.4 Å². The van der Waals surface area contributed by atoms with Gasteiger partial charge in [0.05, 0.1) is 0 Å². The van der Waals surface area contributed by atoms with Gasteiger partial charge in [-0.15, -0.1) is 0 Å². The van der Waals surface area contributed by atoms with Gasteiger partial charge in [-0.25, -0.2) is 0 Å². The third-order valence-corrected chi connectivity index (χ3v) is 4.27. The van der Waals surface area contributed by atoms with E-state index in [1.807, 2.05) is 48.5 Å². The molecule has 0 saturated heterocycles. The van der Waals surface area contributed by atoms with Crippen LogP contribution in [-0.4, -0.2) is 17.6 Å². The number of hydrogen-bond acceptors (Lipinski definition) is 5. The third kappa shape index (κ3) is 4.11. The van der Waals surface area contributed by atoms with Gasteiger partial charge in [0.2, 0.25) is 0 Å². The molecule has 0 spiro atoms. The monoisotopic (exact) mass is 387 g/mol. The largest absolute Gasteiger partial charge is 0.507 e. The summed E-state index contributed by atoms with van der Waals surface area (Å²) < 4.78 is 11.3. The Morgan fingerprint density at radius 3 is 2.38 bits per heavy atom. The fourth-order valence-electron chi connectivity index (χ4n) is 2.94. The summed E-state index contributed by atoms with van der Waals surface area (Å²) in [5, 5.41) is 13.0. The first-order valence-electron chi connectivity index (χ1n) is 8.94. The summed E-state index contributed by atoms with van der Waals surface area (Å²) in [6, 6.07) is 22.3. The van der Waals surface area contributed by atoms with Crippen molar-refractivity contribution in [2.75, 3.05) is 11.9 Å². The molecule has 29 heavy (non-hydrogen) atoms. The molecule has 6 heteroatoms. The predicted octanol–water partition coefficient (Wildman–Crippen LogP) is 4.18. The Labute approximate surface area is 166 Å². The summed E-state index contributed by atoms with van der Waals surface area (Å²) in [5.74, 6) is -0.0300. The number of phenols is 1. The number of nitrogens with one attached hydrogen (secondary N) is 1. The van der Waals surface area contributed by atoms with Gasteiger partial charge in [0.15, 0.2) is 12.0 Å².